The van der Waals surface area contributed by atoms with Crippen molar-refractivity contribution >= 4 is 11.6 Å². The number of carbonyl (C=O) groups is 1. The molecule has 0 radical (unpaired) electrons. The van der Waals surface area contributed by atoms with Gasteiger partial charge in [0, 0.05) is 36.6 Å². The highest BCUT2D eigenvalue weighted by Gasteiger charge is 2.26. The van der Waals surface area contributed by atoms with Crippen molar-refractivity contribution in [3.8, 4) is 11.5 Å². The van der Waals surface area contributed by atoms with Crippen LogP contribution in [0.15, 0.2) is 48.8 Å². The summed E-state index contributed by atoms with van der Waals surface area (Å²) in [5, 5.41) is 3.26. The van der Waals surface area contributed by atoms with Crippen LogP contribution in [-0.4, -0.2) is 22.3 Å². The monoisotopic (exact) mass is 475 g/mol. The number of rotatable bonds is 9. The van der Waals surface area contributed by atoms with Gasteiger partial charge in [-0.05, 0) is 47.9 Å². The van der Waals surface area contributed by atoms with Gasteiger partial charge in [-0.25, -0.2) is 4.98 Å². The van der Waals surface area contributed by atoms with Crippen molar-refractivity contribution in [1.29, 1.82) is 0 Å². The molecule has 0 aliphatic carbocycles. The van der Waals surface area contributed by atoms with Crippen LogP contribution in [0.5, 0.6) is 11.5 Å². The number of carbonyl (C=O) groups excluding carboxylic acids is 1. The van der Waals surface area contributed by atoms with Crippen molar-refractivity contribution in [1.82, 2.24) is 9.55 Å². The van der Waals surface area contributed by atoms with E-state index in [9.17, 15) is 4.79 Å². The number of aromatic nitrogens is 2. The first-order valence-electron chi connectivity index (χ1n) is 12.6. The molecule has 6 nitrogen and oxygen atoms in total. The lowest BCUT2D eigenvalue weighted by Gasteiger charge is -2.25. The lowest BCUT2D eigenvalue weighted by atomic mass is 9.85. The number of para-hydroxylation sites is 1. The predicted molar refractivity (Wildman–Crippen MR) is 139 cm³/mol. The van der Waals surface area contributed by atoms with Gasteiger partial charge in [0.2, 0.25) is 12.7 Å². The van der Waals surface area contributed by atoms with Gasteiger partial charge in [0.05, 0.1) is 0 Å². The summed E-state index contributed by atoms with van der Waals surface area (Å²) in [6.45, 7) is 11.6. The molecule has 186 valence electrons. The molecule has 0 saturated heterocycles. The van der Waals surface area contributed by atoms with Gasteiger partial charge in [-0.2, -0.15) is 0 Å². The molecule has 35 heavy (non-hydrogen) atoms. The lowest BCUT2D eigenvalue weighted by Crippen LogP contribution is -2.21. The third-order valence-electron chi connectivity index (χ3n) is 6.65. The van der Waals surface area contributed by atoms with E-state index in [1.165, 1.54) is 0 Å². The minimum absolute atomic E-state index is 0.0177. The first-order valence-corrected chi connectivity index (χ1v) is 12.6. The van der Waals surface area contributed by atoms with Gasteiger partial charge in [0.15, 0.2) is 11.5 Å². The summed E-state index contributed by atoms with van der Waals surface area (Å²) in [6.07, 6.45) is 7.24. The quantitative estimate of drug-likeness (QED) is 0.380. The molecule has 2 aromatic carbocycles. The van der Waals surface area contributed by atoms with E-state index in [1.807, 2.05) is 31.5 Å². The van der Waals surface area contributed by atoms with E-state index in [4.69, 9.17) is 9.47 Å². The molecule has 0 saturated carbocycles. The number of hydrogen-bond acceptors (Lipinski definition) is 4. The zero-order valence-electron chi connectivity index (χ0n) is 21.6. The second kappa shape index (κ2) is 10.5. The van der Waals surface area contributed by atoms with Gasteiger partial charge in [-0.15, -0.1) is 0 Å². The molecule has 1 N–H and O–H groups in total. The van der Waals surface area contributed by atoms with Crippen LogP contribution in [0.3, 0.4) is 0 Å². The number of ether oxygens (including phenoxy) is 2. The fourth-order valence-corrected chi connectivity index (χ4v) is 4.73. The van der Waals surface area contributed by atoms with Crippen LogP contribution < -0.4 is 14.8 Å². The van der Waals surface area contributed by atoms with E-state index >= 15 is 0 Å². The molecule has 6 heteroatoms. The molecule has 2 heterocycles. The Morgan fingerprint density at radius 3 is 2.74 bits per heavy atom. The number of hydrogen-bond donors (Lipinski definition) is 1. The first-order chi connectivity index (χ1) is 16.8. The van der Waals surface area contributed by atoms with E-state index < -0.39 is 0 Å². The molecule has 1 aliphatic rings. The van der Waals surface area contributed by atoms with Gasteiger partial charge in [0.1, 0.15) is 5.82 Å². The number of nitrogens with one attached hydrogen (secondary N) is 1. The molecular formula is C29H37N3O3. The third-order valence-corrected chi connectivity index (χ3v) is 6.65. The van der Waals surface area contributed by atoms with Crippen LogP contribution in [0.2, 0.25) is 0 Å². The predicted octanol–water partition coefficient (Wildman–Crippen LogP) is 6.57. The Balaban J connectivity index is 1.57. The maximum Gasteiger partial charge on any atom is 0.231 e. The molecule has 1 atom stereocenters. The molecule has 0 bridgehead atoms. The average molecular weight is 476 g/mol. The van der Waals surface area contributed by atoms with E-state index in [0.29, 0.717) is 13.0 Å². The van der Waals surface area contributed by atoms with E-state index in [-0.39, 0.29) is 24.0 Å². The van der Waals surface area contributed by atoms with Crippen LogP contribution >= 0.6 is 0 Å². The van der Waals surface area contributed by atoms with E-state index in [1.54, 1.807) is 0 Å². The molecule has 0 spiro atoms. The van der Waals surface area contributed by atoms with Crippen LogP contribution in [0.25, 0.3) is 0 Å². The number of anilines is 1. The molecule has 4 rings (SSSR count). The Hall–Kier alpha value is -3.28. The highest BCUT2D eigenvalue weighted by atomic mass is 16.7. The summed E-state index contributed by atoms with van der Waals surface area (Å²) >= 11 is 0. The second-order valence-corrected chi connectivity index (χ2v) is 10.4. The standard InChI is InChI=1S/C29H37N3O3/c1-6-7-9-22(23-10-8-11-26-28(23)35-19-34-26)17-27(33)31-25-16-21(12-13-24(25)29(3,4)5)18-32-15-14-30-20(32)2/h8,10-16,22H,6-7,9,17-19H2,1-5H3,(H,31,33). The Bertz CT molecular complexity index is 1180. The fourth-order valence-electron chi connectivity index (χ4n) is 4.73. The highest BCUT2D eigenvalue weighted by molar-refractivity contribution is 5.92. The fraction of sp³-hybridized carbons (Fsp3) is 0.448. The van der Waals surface area contributed by atoms with Crippen molar-refractivity contribution in [3.05, 3.63) is 71.3 Å². The molecule has 1 unspecified atom stereocenters. The molecule has 1 aliphatic heterocycles. The molecular weight excluding hydrogens is 438 g/mol. The number of imidazole rings is 1. The number of benzene rings is 2. The van der Waals surface area contributed by atoms with Crippen LogP contribution in [0.1, 0.15) is 81.8 Å². The van der Waals surface area contributed by atoms with Gasteiger partial charge in [-0.3, -0.25) is 4.79 Å². The Morgan fingerprint density at radius 1 is 1.20 bits per heavy atom. The van der Waals surface area contributed by atoms with Crippen molar-refractivity contribution in [2.24, 2.45) is 0 Å². The van der Waals surface area contributed by atoms with Gasteiger partial charge < -0.3 is 19.4 Å². The topological polar surface area (TPSA) is 65.4 Å². The summed E-state index contributed by atoms with van der Waals surface area (Å²) in [5.74, 6) is 2.61. The Labute approximate surface area is 208 Å². The van der Waals surface area contributed by atoms with Gasteiger partial charge in [0.25, 0.3) is 0 Å². The van der Waals surface area contributed by atoms with Crippen molar-refractivity contribution in [2.75, 3.05) is 12.1 Å². The first kappa shape index (κ1) is 24.8. The normalized spacial score (nSPS) is 13.6. The second-order valence-electron chi connectivity index (χ2n) is 10.4. The summed E-state index contributed by atoms with van der Waals surface area (Å²) in [5.41, 5.74) is 4.09. The molecule has 1 amide bonds. The minimum Gasteiger partial charge on any atom is -0.454 e. The van der Waals surface area contributed by atoms with Crippen molar-refractivity contribution < 1.29 is 14.3 Å². The number of fused-ring (bicyclic) bond motifs is 1. The van der Waals surface area contributed by atoms with E-state index in [0.717, 1.165) is 59.0 Å². The van der Waals surface area contributed by atoms with Crippen LogP contribution in [-0.2, 0) is 16.8 Å². The number of aryl methyl sites for hydroxylation is 1. The van der Waals surface area contributed by atoms with E-state index in [2.05, 4.69) is 66.8 Å². The van der Waals surface area contributed by atoms with Crippen LogP contribution in [0, 0.1) is 6.92 Å². The van der Waals surface area contributed by atoms with Crippen molar-refractivity contribution in [3.63, 3.8) is 0 Å². The number of unbranched alkanes of at least 4 members (excludes halogenated alkanes) is 1. The molecule has 0 fully saturated rings. The maximum absolute atomic E-state index is 13.4. The molecule has 1 aromatic heterocycles. The third kappa shape index (κ3) is 5.87. The summed E-state index contributed by atoms with van der Waals surface area (Å²) < 4.78 is 13.5. The average Bonchev–Trinajstić information content (AvgIpc) is 3.45. The van der Waals surface area contributed by atoms with Crippen LogP contribution in [0.4, 0.5) is 5.69 Å². The lowest BCUT2D eigenvalue weighted by molar-refractivity contribution is -0.116. The highest BCUT2D eigenvalue weighted by Crippen LogP contribution is 2.42. The SMILES string of the molecule is CCCCC(CC(=O)Nc1cc(Cn2ccnc2C)ccc1C(C)(C)C)c1cccc2c1OCO2. The van der Waals surface area contributed by atoms with Gasteiger partial charge in [-0.1, -0.05) is 64.8 Å². The molecule has 3 aromatic rings. The Kier molecular flexibility index (Phi) is 7.48. The minimum atomic E-state index is -0.0981. The zero-order valence-corrected chi connectivity index (χ0v) is 21.6. The number of nitrogens with zero attached hydrogens (tertiary/aromatic N) is 2. The summed E-state index contributed by atoms with van der Waals surface area (Å²) in [6, 6.07) is 12.4. The van der Waals surface area contributed by atoms with Gasteiger partial charge >= 0.3 is 0 Å². The summed E-state index contributed by atoms with van der Waals surface area (Å²) in [4.78, 5) is 17.7. The maximum atomic E-state index is 13.4. The summed E-state index contributed by atoms with van der Waals surface area (Å²) in [7, 11) is 0. The largest absolute Gasteiger partial charge is 0.454 e. The van der Waals surface area contributed by atoms with Crippen molar-refractivity contribution in [2.45, 2.75) is 78.2 Å². The zero-order chi connectivity index (χ0) is 25.0. The smallest absolute Gasteiger partial charge is 0.231 e. The Morgan fingerprint density at radius 2 is 2.03 bits per heavy atom. The number of amides is 1.